The van der Waals surface area contributed by atoms with Gasteiger partial charge in [0.25, 0.3) is 5.91 Å². The van der Waals surface area contributed by atoms with Gasteiger partial charge >= 0.3 is 0 Å². The number of hydrogen-bond acceptors (Lipinski definition) is 2. The minimum absolute atomic E-state index is 0.0504. The Bertz CT molecular complexity index is 418. The van der Waals surface area contributed by atoms with E-state index in [4.69, 9.17) is 16.7 Å². The molecule has 0 bridgehead atoms. The van der Waals surface area contributed by atoms with E-state index in [1.54, 1.807) is 0 Å². The number of halogens is 2. The molecule has 1 aromatic carbocycles. The minimum Gasteiger partial charge on any atom is -0.396 e. The zero-order chi connectivity index (χ0) is 12.4. The highest BCUT2D eigenvalue weighted by molar-refractivity contribution is 6.33. The first-order valence-corrected chi connectivity index (χ1v) is 5.85. The summed E-state index contributed by atoms with van der Waals surface area (Å²) in [6, 6.07) is 4.19. The van der Waals surface area contributed by atoms with E-state index in [1.165, 1.54) is 23.1 Å². The molecule has 1 unspecified atom stereocenters. The van der Waals surface area contributed by atoms with Crippen molar-refractivity contribution in [3.05, 3.63) is 34.6 Å². The van der Waals surface area contributed by atoms with Crippen molar-refractivity contribution in [1.82, 2.24) is 4.90 Å². The fourth-order valence-corrected chi connectivity index (χ4v) is 2.27. The number of aliphatic hydroxyl groups is 1. The number of benzene rings is 1. The van der Waals surface area contributed by atoms with Gasteiger partial charge in [-0.3, -0.25) is 4.79 Å². The summed E-state index contributed by atoms with van der Waals surface area (Å²) in [5.74, 6) is -0.913. The monoisotopic (exact) mass is 257 g/mol. The topological polar surface area (TPSA) is 40.5 Å². The Balaban J connectivity index is 2.21. The molecule has 0 aliphatic carbocycles. The quantitative estimate of drug-likeness (QED) is 0.880. The summed E-state index contributed by atoms with van der Waals surface area (Å²) >= 11 is 5.84. The molecule has 1 saturated heterocycles. The molecule has 0 saturated carbocycles. The van der Waals surface area contributed by atoms with Crippen molar-refractivity contribution in [2.75, 3.05) is 19.7 Å². The number of nitrogens with zero attached hydrogens (tertiary/aromatic N) is 1. The van der Waals surface area contributed by atoms with Crippen LogP contribution in [0.2, 0.25) is 5.02 Å². The second kappa shape index (κ2) is 5.02. The van der Waals surface area contributed by atoms with Gasteiger partial charge in [-0.2, -0.15) is 0 Å². The summed E-state index contributed by atoms with van der Waals surface area (Å²) in [6.07, 6.45) is 0.744. The highest BCUT2D eigenvalue weighted by Gasteiger charge is 2.29. The van der Waals surface area contributed by atoms with Crippen LogP contribution in [0.15, 0.2) is 18.2 Å². The Hall–Kier alpha value is -1.13. The van der Waals surface area contributed by atoms with Gasteiger partial charge in [-0.15, -0.1) is 0 Å². The number of likely N-dealkylation sites (tertiary alicyclic amines) is 1. The second-order valence-electron chi connectivity index (χ2n) is 4.19. The normalized spacial score (nSPS) is 19.7. The third-order valence-corrected chi connectivity index (χ3v) is 3.32. The van der Waals surface area contributed by atoms with E-state index in [-0.39, 0.29) is 23.1 Å². The fourth-order valence-electron chi connectivity index (χ4n) is 2.03. The van der Waals surface area contributed by atoms with Gasteiger partial charge in [0.05, 0.1) is 10.6 Å². The van der Waals surface area contributed by atoms with Gasteiger partial charge in [-0.25, -0.2) is 4.39 Å². The Labute approximate surface area is 104 Å². The smallest absolute Gasteiger partial charge is 0.258 e. The second-order valence-corrected chi connectivity index (χ2v) is 4.59. The zero-order valence-electron chi connectivity index (χ0n) is 9.20. The molecule has 1 aliphatic rings. The van der Waals surface area contributed by atoms with E-state index in [2.05, 4.69) is 0 Å². The van der Waals surface area contributed by atoms with Crippen molar-refractivity contribution in [2.45, 2.75) is 6.42 Å². The largest absolute Gasteiger partial charge is 0.396 e. The van der Waals surface area contributed by atoms with Crippen LogP contribution in [0.25, 0.3) is 0 Å². The molecule has 1 aromatic rings. The van der Waals surface area contributed by atoms with E-state index >= 15 is 0 Å². The minimum atomic E-state index is -0.602. The number of aliphatic hydroxyl groups excluding tert-OH is 1. The molecule has 0 spiro atoms. The van der Waals surface area contributed by atoms with Gasteiger partial charge in [0.1, 0.15) is 5.82 Å². The van der Waals surface area contributed by atoms with Crippen LogP contribution < -0.4 is 0 Å². The predicted octanol–water partition coefficient (Wildman–Crippen LogP) is 1.93. The van der Waals surface area contributed by atoms with Crippen LogP contribution >= 0.6 is 11.6 Å². The average Bonchev–Trinajstić information content (AvgIpc) is 2.77. The molecule has 0 aromatic heterocycles. The first-order chi connectivity index (χ1) is 8.13. The van der Waals surface area contributed by atoms with Gasteiger partial charge in [0, 0.05) is 25.6 Å². The molecular formula is C12H13ClFNO2. The molecule has 1 atom stereocenters. The molecule has 2 rings (SSSR count). The van der Waals surface area contributed by atoms with E-state index in [0.717, 1.165) is 6.42 Å². The summed E-state index contributed by atoms with van der Waals surface area (Å²) in [6.45, 7) is 1.05. The maximum absolute atomic E-state index is 13.6. The SMILES string of the molecule is O=C(c1c(F)cccc1Cl)N1CCC(CO)C1. The van der Waals surface area contributed by atoms with Crippen molar-refractivity contribution in [3.8, 4) is 0 Å². The van der Waals surface area contributed by atoms with Crippen LogP contribution in [0.4, 0.5) is 4.39 Å². The van der Waals surface area contributed by atoms with Gasteiger partial charge in [0.2, 0.25) is 0 Å². The highest BCUT2D eigenvalue weighted by atomic mass is 35.5. The molecule has 1 amide bonds. The lowest BCUT2D eigenvalue weighted by molar-refractivity contribution is 0.0777. The number of rotatable bonds is 2. The van der Waals surface area contributed by atoms with Crippen LogP contribution in [-0.4, -0.2) is 35.6 Å². The summed E-state index contributed by atoms with van der Waals surface area (Å²) in [4.78, 5) is 13.6. The highest BCUT2D eigenvalue weighted by Crippen LogP contribution is 2.24. The molecular weight excluding hydrogens is 245 g/mol. The molecule has 3 nitrogen and oxygen atoms in total. The van der Waals surface area contributed by atoms with Crippen LogP contribution in [-0.2, 0) is 0 Å². The fraction of sp³-hybridized carbons (Fsp3) is 0.417. The van der Waals surface area contributed by atoms with Crippen molar-refractivity contribution in [3.63, 3.8) is 0 Å². The summed E-state index contributed by atoms with van der Waals surface area (Å²) < 4.78 is 13.6. The summed E-state index contributed by atoms with van der Waals surface area (Å²) in [5.41, 5.74) is -0.0762. The molecule has 1 fully saturated rings. The van der Waals surface area contributed by atoms with Crippen molar-refractivity contribution < 1.29 is 14.3 Å². The number of carbonyl (C=O) groups is 1. The maximum Gasteiger partial charge on any atom is 0.258 e. The summed E-state index contributed by atoms with van der Waals surface area (Å²) in [5, 5.41) is 9.13. The lowest BCUT2D eigenvalue weighted by atomic mass is 10.1. The Morgan fingerprint density at radius 3 is 2.94 bits per heavy atom. The third kappa shape index (κ3) is 2.42. The van der Waals surface area contributed by atoms with Crippen LogP contribution in [0.1, 0.15) is 16.8 Å². The van der Waals surface area contributed by atoms with Crippen LogP contribution in [0, 0.1) is 11.7 Å². The van der Waals surface area contributed by atoms with E-state index in [1.807, 2.05) is 0 Å². The van der Waals surface area contributed by atoms with Crippen LogP contribution in [0.3, 0.4) is 0 Å². The Morgan fingerprint density at radius 1 is 1.59 bits per heavy atom. The van der Waals surface area contributed by atoms with Gasteiger partial charge in [-0.1, -0.05) is 17.7 Å². The van der Waals surface area contributed by atoms with Crippen LogP contribution in [0.5, 0.6) is 0 Å². The number of carbonyl (C=O) groups excluding carboxylic acids is 1. The maximum atomic E-state index is 13.6. The number of amides is 1. The van der Waals surface area contributed by atoms with E-state index in [0.29, 0.717) is 13.1 Å². The molecule has 1 heterocycles. The zero-order valence-corrected chi connectivity index (χ0v) is 9.95. The molecule has 1 N–H and O–H groups in total. The molecule has 0 radical (unpaired) electrons. The molecule has 1 aliphatic heterocycles. The van der Waals surface area contributed by atoms with E-state index < -0.39 is 11.7 Å². The average molecular weight is 258 g/mol. The predicted molar refractivity (Wildman–Crippen MR) is 62.5 cm³/mol. The molecule has 17 heavy (non-hydrogen) atoms. The van der Waals surface area contributed by atoms with Crippen molar-refractivity contribution >= 4 is 17.5 Å². The molecule has 5 heteroatoms. The Kier molecular flexibility index (Phi) is 3.64. The van der Waals surface area contributed by atoms with Crippen molar-refractivity contribution in [1.29, 1.82) is 0 Å². The lowest BCUT2D eigenvalue weighted by Gasteiger charge is -2.17. The van der Waals surface area contributed by atoms with Crippen molar-refractivity contribution in [2.24, 2.45) is 5.92 Å². The lowest BCUT2D eigenvalue weighted by Crippen LogP contribution is -2.30. The first-order valence-electron chi connectivity index (χ1n) is 5.47. The first kappa shape index (κ1) is 12.3. The standard InChI is InChI=1S/C12H13ClFNO2/c13-9-2-1-3-10(14)11(9)12(17)15-5-4-8(6-15)7-16/h1-3,8,16H,4-7H2. The number of hydrogen-bond donors (Lipinski definition) is 1. The summed E-state index contributed by atoms with van der Waals surface area (Å²) in [7, 11) is 0. The van der Waals surface area contributed by atoms with Gasteiger partial charge in [0.15, 0.2) is 0 Å². The molecule has 92 valence electrons. The Morgan fingerprint density at radius 2 is 2.35 bits per heavy atom. The van der Waals surface area contributed by atoms with Gasteiger partial charge in [-0.05, 0) is 18.6 Å². The van der Waals surface area contributed by atoms with Gasteiger partial charge < -0.3 is 10.0 Å². The van der Waals surface area contributed by atoms with E-state index in [9.17, 15) is 9.18 Å². The third-order valence-electron chi connectivity index (χ3n) is 3.01.